The van der Waals surface area contributed by atoms with Gasteiger partial charge < -0.3 is 35.9 Å². The number of carbonyl (C=O) groups is 4. The number of methoxy groups -OCH3 is 1. The van der Waals surface area contributed by atoms with Crippen LogP contribution in [0.5, 0.6) is 5.75 Å². The summed E-state index contributed by atoms with van der Waals surface area (Å²) in [4.78, 5) is 54.6. The summed E-state index contributed by atoms with van der Waals surface area (Å²) in [7, 11) is 1.57. The average Bonchev–Trinajstić information content (AvgIpc) is 3.84. The molecule has 0 bridgehead atoms. The third-order valence-corrected chi connectivity index (χ3v) is 8.24. The van der Waals surface area contributed by atoms with Gasteiger partial charge in [-0.2, -0.15) is 0 Å². The van der Waals surface area contributed by atoms with Crippen molar-refractivity contribution in [2.24, 2.45) is 11.7 Å². The molecule has 5 N–H and O–H groups in total. The van der Waals surface area contributed by atoms with Crippen molar-refractivity contribution in [3.05, 3.63) is 29.8 Å². The van der Waals surface area contributed by atoms with Crippen LogP contribution in [0.15, 0.2) is 24.3 Å². The molecule has 1 saturated carbocycles. The second kappa shape index (κ2) is 15.4. The van der Waals surface area contributed by atoms with Gasteiger partial charge in [-0.15, -0.1) is 0 Å². The molecule has 0 radical (unpaired) electrons. The van der Waals surface area contributed by atoms with E-state index >= 15 is 0 Å². The number of hydrogen-bond donors (Lipinski definition) is 4. The lowest BCUT2D eigenvalue weighted by molar-refractivity contribution is -0.133. The highest BCUT2D eigenvalue weighted by atomic mass is 16.6. The number of carbonyl (C=O) groups excluding carboxylic acids is 4. The second-order valence-electron chi connectivity index (χ2n) is 11.6. The number of nitrogens with one attached hydrogen (secondary N) is 3. The number of morpholine rings is 1. The molecule has 12 heteroatoms. The summed E-state index contributed by atoms with van der Waals surface area (Å²) in [5, 5.41) is 8.47. The number of Topliss-reactive ketones (excluding diaryl/α,β-unsaturated/α-hetero) is 1. The summed E-state index contributed by atoms with van der Waals surface area (Å²) < 4.78 is 15.8. The smallest absolute Gasteiger partial charge is 0.243 e. The molecule has 42 heavy (non-hydrogen) atoms. The second-order valence-corrected chi connectivity index (χ2v) is 11.6. The van der Waals surface area contributed by atoms with Crippen LogP contribution in [0, 0.1) is 5.92 Å². The molecular weight excluding hydrogens is 542 g/mol. The maximum absolute atomic E-state index is 13.7. The first-order valence-corrected chi connectivity index (χ1v) is 15.0. The van der Waals surface area contributed by atoms with Gasteiger partial charge in [-0.05, 0) is 62.6 Å². The Kier molecular flexibility index (Phi) is 11.7. The van der Waals surface area contributed by atoms with Gasteiger partial charge in [-0.1, -0.05) is 12.1 Å². The summed E-state index contributed by atoms with van der Waals surface area (Å²) in [6.45, 7) is 4.53. The van der Waals surface area contributed by atoms with Crippen LogP contribution in [0.25, 0.3) is 0 Å². The first-order chi connectivity index (χ1) is 20.2. The molecule has 4 rings (SSSR count). The summed E-state index contributed by atoms with van der Waals surface area (Å²) in [5.74, 6) is -0.433. The molecule has 0 spiro atoms. The number of benzene rings is 1. The quantitative estimate of drug-likeness (QED) is 0.218. The van der Waals surface area contributed by atoms with Crippen molar-refractivity contribution in [2.75, 3.05) is 46.6 Å². The molecule has 1 aromatic carbocycles. The molecule has 2 heterocycles. The van der Waals surface area contributed by atoms with Crippen molar-refractivity contribution >= 4 is 23.5 Å². The van der Waals surface area contributed by atoms with Crippen molar-refractivity contribution < 1.29 is 33.4 Å². The van der Waals surface area contributed by atoms with E-state index in [1.807, 2.05) is 17.0 Å². The predicted octanol–water partition coefficient (Wildman–Crippen LogP) is -0.0803. The van der Waals surface area contributed by atoms with Gasteiger partial charge in [0.25, 0.3) is 0 Å². The van der Waals surface area contributed by atoms with E-state index < -0.39 is 36.0 Å². The summed E-state index contributed by atoms with van der Waals surface area (Å²) >= 11 is 0. The van der Waals surface area contributed by atoms with E-state index in [1.165, 1.54) is 0 Å². The Morgan fingerprint density at radius 1 is 0.976 bits per heavy atom. The predicted molar refractivity (Wildman–Crippen MR) is 155 cm³/mol. The highest BCUT2D eigenvalue weighted by molar-refractivity contribution is 5.96. The van der Waals surface area contributed by atoms with E-state index in [4.69, 9.17) is 19.9 Å². The zero-order valence-corrected chi connectivity index (χ0v) is 24.6. The van der Waals surface area contributed by atoms with E-state index in [2.05, 4.69) is 16.0 Å². The average molecular weight is 588 g/mol. The number of ketones is 1. The number of hydrogen-bond acceptors (Lipinski definition) is 9. The Hall–Kier alpha value is -3.06. The van der Waals surface area contributed by atoms with Crippen LogP contribution in [0.2, 0.25) is 0 Å². The van der Waals surface area contributed by atoms with E-state index in [9.17, 15) is 19.2 Å². The molecule has 3 aliphatic rings. The zero-order valence-electron chi connectivity index (χ0n) is 24.6. The Bertz CT molecular complexity index is 1070. The van der Waals surface area contributed by atoms with Gasteiger partial charge in [0.15, 0.2) is 5.78 Å². The molecule has 0 unspecified atom stereocenters. The van der Waals surface area contributed by atoms with Crippen molar-refractivity contribution in [3.8, 4) is 5.75 Å². The van der Waals surface area contributed by atoms with Crippen LogP contribution in [0.1, 0.15) is 44.6 Å². The van der Waals surface area contributed by atoms with Gasteiger partial charge in [0, 0.05) is 25.6 Å². The minimum atomic E-state index is -0.973. The summed E-state index contributed by atoms with van der Waals surface area (Å²) in [6.07, 6.45) is 3.79. The van der Waals surface area contributed by atoms with E-state index in [0.717, 1.165) is 31.2 Å². The molecule has 1 aliphatic carbocycles. The SMILES string of the molecule is COc1ccc(C[C@H](NC(=O)[C@H](C)NC(=O)CN2CCOCC2)C(=O)N[C@@H](CC2CCC(N)CC2)C(=O)[C@H]2CO2)cc1. The van der Waals surface area contributed by atoms with Gasteiger partial charge in [0.05, 0.1) is 39.5 Å². The number of nitrogens with zero attached hydrogens (tertiary/aromatic N) is 1. The Morgan fingerprint density at radius 2 is 1.62 bits per heavy atom. The molecule has 3 fully saturated rings. The molecule has 4 atom stereocenters. The van der Waals surface area contributed by atoms with Gasteiger partial charge in [0.2, 0.25) is 17.7 Å². The van der Waals surface area contributed by atoms with Crippen molar-refractivity contribution in [3.63, 3.8) is 0 Å². The van der Waals surface area contributed by atoms with Gasteiger partial charge in [-0.3, -0.25) is 24.1 Å². The highest BCUT2D eigenvalue weighted by Crippen LogP contribution is 2.28. The first kappa shape index (κ1) is 31.9. The largest absolute Gasteiger partial charge is 0.497 e. The summed E-state index contributed by atoms with van der Waals surface area (Å²) in [6, 6.07) is 4.83. The molecule has 12 nitrogen and oxygen atoms in total. The maximum Gasteiger partial charge on any atom is 0.243 e. The Labute approximate surface area is 247 Å². The van der Waals surface area contributed by atoms with Crippen LogP contribution in [-0.4, -0.2) is 105 Å². The minimum Gasteiger partial charge on any atom is -0.497 e. The lowest BCUT2D eigenvalue weighted by atomic mass is 9.81. The zero-order chi connectivity index (χ0) is 30.1. The van der Waals surface area contributed by atoms with E-state index in [0.29, 0.717) is 45.1 Å². The molecular formula is C30H45N5O7. The summed E-state index contributed by atoms with van der Waals surface area (Å²) in [5.41, 5.74) is 6.87. The van der Waals surface area contributed by atoms with Crippen LogP contribution in [-0.2, 0) is 35.1 Å². The number of epoxide rings is 1. The fraction of sp³-hybridized carbons (Fsp3) is 0.667. The molecule has 2 aliphatic heterocycles. The normalized spacial score (nSPS) is 24.5. The lowest BCUT2D eigenvalue weighted by Gasteiger charge is -2.30. The Balaban J connectivity index is 1.42. The van der Waals surface area contributed by atoms with Crippen LogP contribution in [0.3, 0.4) is 0 Å². The van der Waals surface area contributed by atoms with Gasteiger partial charge >= 0.3 is 0 Å². The third-order valence-electron chi connectivity index (χ3n) is 8.24. The molecule has 1 aromatic rings. The van der Waals surface area contributed by atoms with Crippen LogP contribution < -0.4 is 26.4 Å². The minimum absolute atomic E-state index is 0.142. The lowest BCUT2D eigenvalue weighted by Crippen LogP contribution is -2.57. The number of amides is 3. The fourth-order valence-electron chi connectivity index (χ4n) is 5.53. The Morgan fingerprint density at radius 3 is 2.24 bits per heavy atom. The topological polar surface area (TPSA) is 165 Å². The molecule has 2 saturated heterocycles. The maximum atomic E-state index is 13.7. The van der Waals surface area contributed by atoms with Gasteiger partial charge in [0.1, 0.15) is 23.9 Å². The number of ether oxygens (including phenoxy) is 3. The highest BCUT2D eigenvalue weighted by Gasteiger charge is 2.39. The monoisotopic (exact) mass is 587 g/mol. The number of rotatable bonds is 14. The molecule has 232 valence electrons. The van der Waals surface area contributed by atoms with E-state index in [-0.39, 0.29) is 36.6 Å². The number of nitrogens with two attached hydrogens (primary N) is 1. The van der Waals surface area contributed by atoms with Crippen molar-refractivity contribution in [1.29, 1.82) is 0 Å². The van der Waals surface area contributed by atoms with Crippen molar-refractivity contribution in [1.82, 2.24) is 20.9 Å². The molecule has 3 amide bonds. The van der Waals surface area contributed by atoms with Gasteiger partial charge in [-0.25, -0.2) is 0 Å². The van der Waals surface area contributed by atoms with Crippen LogP contribution >= 0.6 is 0 Å². The third kappa shape index (κ3) is 9.75. The van der Waals surface area contributed by atoms with E-state index in [1.54, 1.807) is 26.2 Å². The van der Waals surface area contributed by atoms with Crippen LogP contribution in [0.4, 0.5) is 0 Å². The standard InChI is InChI=1S/C30H45N5O7/c1-19(32-27(36)17-35-11-13-41-14-12-35)29(38)34-25(16-21-5-9-23(40-2)10-6-21)30(39)33-24(28(37)26-18-42-26)15-20-3-7-22(31)8-4-20/h5-6,9-10,19-20,22,24-26H,3-4,7-8,11-18,31H2,1-2H3,(H,32,36)(H,33,39)(H,34,38)/t19-,20?,22?,24-,25-,26+/m0/s1. The fourth-order valence-corrected chi connectivity index (χ4v) is 5.53. The molecule has 0 aromatic heterocycles. The van der Waals surface area contributed by atoms with Crippen molar-refractivity contribution in [2.45, 2.75) is 75.7 Å². The first-order valence-electron chi connectivity index (χ1n) is 15.0.